The van der Waals surface area contributed by atoms with Gasteiger partial charge in [-0.15, -0.1) is 0 Å². The Balaban J connectivity index is 2.30. The van der Waals surface area contributed by atoms with Crippen LogP contribution in [0.4, 0.5) is 0 Å². The molecule has 0 saturated carbocycles. The third kappa shape index (κ3) is 1.67. The number of aromatic nitrogens is 2. The van der Waals surface area contributed by atoms with Gasteiger partial charge in [0, 0.05) is 10.9 Å². The topological polar surface area (TPSA) is 43.8 Å². The molecule has 0 aliphatic rings. The number of para-hydroxylation sites is 2. The lowest BCUT2D eigenvalue weighted by Gasteiger charge is -2.09. The highest BCUT2D eigenvalue weighted by Gasteiger charge is 2.09. The molecule has 0 aliphatic carbocycles. The third-order valence-corrected chi connectivity index (χ3v) is 3.09. The summed E-state index contributed by atoms with van der Waals surface area (Å²) >= 11 is 5.08. The fourth-order valence-corrected chi connectivity index (χ4v) is 2.20. The van der Waals surface area contributed by atoms with Gasteiger partial charge in [0.1, 0.15) is 4.99 Å². The van der Waals surface area contributed by atoms with E-state index in [9.17, 15) is 0 Å². The smallest absolute Gasteiger partial charge is 0.106 e. The van der Waals surface area contributed by atoms with Crippen LogP contribution in [0.15, 0.2) is 54.7 Å². The predicted molar refractivity (Wildman–Crippen MR) is 77.0 cm³/mol. The maximum Gasteiger partial charge on any atom is 0.106 e. The Hall–Kier alpha value is -2.20. The average molecular weight is 253 g/mol. The zero-order valence-corrected chi connectivity index (χ0v) is 10.4. The second-order valence-electron chi connectivity index (χ2n) is 4.00. The minimum atomic E-state index is 0.380. The fraction of sp³-hybridized carbons (Fsp3) is 0. The van der Waals surface area contributed by atoms with Gasteiger partial charge in [-0.2, -0.15) is 5.10 Å². The molecule has 0 amide bonds. The van der Waals surface area contributed by atoms with Gasteiger partial charge in [0.05, 0.1) is 17.4 Å². The molecule has 0 saturated heterocycles. The molecular formula is C14H11N3S. The van der Waals surface area contributed by atoms with Gasteiger partial charge in [-0.25, -0.2) is 4.68 Å². The van der Waals surface area contributed by atoms with Crippen molar-refractivity contribution >= 4 is 28.1 Å². The van der Waals surface area contributed by atoms with Crippen LogP contribution >= 0.6 is 12.2 Å². The molecule has 3 aromatic rings. The van der Waals surface area contributed by atoms with E-state index in [1.54, 1.807) is 0 Å². The van der Waals surface area contributed by atoms with Crippen LogP contribution in [0.5, 0.6) is 0 Å². The first-order chi connectivity index (χ1) is 8.77. The van der Waals surface area contributed by atoms with E-state index in [2.05, 4.69) is 5.10 Å². The van der Waals surface area contributed by atoms with Gasteiger partial charge < -0.3 is 5.73 Å². The highest BCUT2D eigenvalue weighted by molar-refractivity contribution is 7.80. The van der Waals surface area contributed by atoms with Gasteiger partial charge in [0.15, 0.2) is 0 Å². The zero-order valence-electron chi connectivity index (χ0n) is 9.58. The maximum absolute atomic E-state index is 5.76. The van der Waals surface area contributed by atoms with Crippen molar-refractivity contribution in [1.82, 2.24) is 9.78 Å². The summed E-state index contributed by atoms with van der Waals surface area (Å²) in [5, 5.41) is 5.50. The number of nitrogens with zero attached hydrogens (tertiary/aromatic N) is 2. The number of thiocarbonyl (C=S) groups is 1. The van der Waals surface area contributed by atoms with Gasteiger partial charge >= 0.3 is 0 Å². The third-order valence-electron chi connectivity index (χ3n) is 2.87. The van der Waals surface area contributed by atoms with E-state index in [1.807, 2.05) is 59.4 Å². The van der Waals surface area contributed by atoms with E-state index in [1.165, 1.54) is 0 Å². The van der Waals surface area contributed by atoms with Crippen LogP contribution in [0.3, 0.4) is 0 Å². The summed E-state index contributed by atoms with van der Waals surface area (Å²) in [7, 11) is 0. The molecule has 18 heavy (non-hydrogen) atoms. The first kappa shape index (κ1) is 10.9. The predicted octanol–water partition coefficient (Wildman–Crippen LogP) is 2.66. The van der Waals surface area contributed by atoms with Crippen LogP contribution in [0, 0.1) is 0 Å². The van der Waals surface area contributed by atoms with E-state index >= 15 is 0 Å². The summed E-state index contributed by atoms with van der Waals surface area (Å²) < 4.78 is 1.86. The quantitative estimate of drug-likeness (QED) is 0.714. The molecular weight excluding hydrogens is 242 g/mol. The van der Waals surface area contributed by atoms with Crippen molar-refractivity contribution in [2.75, 3.05) is 0 Å². The van der Waals surface area contributed by atoms with Gasteiger partial charge in [0.2, 0.25) is 0 Å². The standard InChI is InChI=1S/C14H11N3S/c15-14(18)11-6-2-4-8-13(11)17-12-7-3-1-5-10(12)9-16-17/h1-9H,(H2,15,18). The number of rotatable bonds is 2. The first-order valence-electron chi connectivity index (χ1n) is 5.59. The summed E-state index contributed by atoms with van der Waals surface area (Å²) in [6.45, 7) is 0. The van der Waals surface area contributed by atoms with Crippen LogP contribution in [0.25, 0.3) is 16.6 Å². The highest BCUT2D eigenvalue weighted by Crippen LogP contribution is 2.20. The molecule has 2 N–H and O–H groups in total. The largest absolute Gasteiger partial charge is 0.389 e. The van der Waals surface area contributed by atoms with Crippen molar-refractivity contribution in [3.05, 3.63) is 60.3 Å². The molecule has 4 heteroatoms. The van der Waals surface area contributed by atoms with Crippen molar-refractivity contribution in [3.63, 3.8) is 0 Å². The molecule has 0 atom stereocenters. The molecule has 0 aliphatic heterocycles. The van der Waals surface area contributed by atoms with Crippen LogP contribution in [-0.2, 0) is 0 Å². The minimum absolute atomic E-state index is 0.380. The van der Waals surface area contributed by atoms with Crippen molar-refractivity contribution in [2.24, 2.45) is 5.73 Å². The average Bonchev–Trinajstić information content (AvgIpc) is 2.82. The highest BCUT2D eigenvalue weighted by atomic mass is 32.1. The molecule has 88 valence electrons. The van der Waals surface area contributed by atoms with Crippen LogP contribution in [0.1, 0.15) is 5.56 Å². The minimum Gasteiger partial charge on any atom is -0.389 e. The van der Waals surface area contributed by atoms with Gasteiger partial charge in [-0.1, -0.05) is 42.5 Å². The lowest BCUT2D eigenvalue weighted by molar-refractivity contribution is 0.909. The van der Waals surface area contributed by atoms with E-state index in [4.69, 9.17) is 18.0 Å². The molecule has 1 heterocycles. The summed E-state index contributed by atoms with van der Waals surface area (Å²) in [5.41, 5.74) is 8.54. The lowest BCUT2D eigenvalue weighted by atomic mass is 10.1. The van der Waals surface area contributed by atoms with Crippen molar-refractivity contribution in [3.8, 4) is 5.69 Å². The first-order valence-corrected chi connectivity index (χ1v) is 6.00. The summed E-state index contributed by atoms with van der Waals surface area (Å²) in [6, 6.07) is 15.8. The summed E-state index contributed by atoms with van der Waals surface area (Å²) in [5.74, 6) is 0. The molecule has 0 radical (unpaired) electrons. The number of fused-ring (bicyclic) bond motifs is 1. The Bertz CT molecular complexity index is 730. The SMILES string of the molecule is NC(=S)c1ccccc1-n1ncc2ccccc21. The zero-order chi connectivity index (χ0) is 12.5. The molecule has 0 bridgehead atoms. The molecule has 0 spiro atoms. The Labute approximate surface area is 110 Å². The Morgan fingerprint density at radius 3 is 2.61 bits per heavy atom. The fourth-order valence-electron chi connectivity index (χ4n) is 2.03. The van der Waals surface area contributed by atoms with Gasteiger partial charge in [0.25, 0.3) is 0 Å². The van der Waals surface area contributed by atoms with E-state index in [-0.39, 0.29) is 0 Å². The molecule has 0 fully saturated rings. The van der Waals surface area contributed by atoms with Gasteiger partial charge in [-0.05, 0) is 18.2 Å². The van der Waals surface area contributed by atoms with Crippen molar-refractivity contribution < 1.29 is 0 Å². The molecule has 1 aromatic heterocycles. The number of nitrogens with two attached hydrogens (primary N) is 1. The normalized spacial score (nSPS) is 10.7. The second kappa shape index (κ2) is 4.23. The summed E-state index contributed by atoms with van der Waals surface area (Å²) in [6.07, 6.45) is 1.84. The number of hydrogen-bond acceptors (Lipinski definition) is 2. The number of hydrogen-bond donors (Lipinski definition) is 1. The molecule has 3 rings (SSSR count). The van der Waals surface area contributed by atoms with Crippen LogP contribution < -0.4 is 5.73 Å². The van der Waals surface area contributed by atoms with E-state index in [0.717, 1.165) is 22.2 Å². The van der Waals surface area contributed by atoms with Crippen LogP contribution in [-0.4, -0.2) is 14.8 Å². The van der Waals surface area contributed by atoms with Crippen molar-refractivity contribution in [1.29, 1.82) is 0 Å². The second-order valence-corrected chi connectivity index (χ2v) is 4.44. The maximum atomic E-state index is 5.76. The lowest BCUT2D eigenvalue weighted by Crippen LogP contribution is -2.13. The van der Waals surface area contributed by atoms with Gasteiger partial charge in [-0.3, -0.25) is 0 Å². The Morgan fingerprint density at radius 2 is 1.78 bits per heavy atom. The van der Waals surface area contributed by atoms with Crippen molar-refractivity contribution in [2.45, 2.75) is 0 Å². The van der Waals surface area contributed by atoms with E-state index in [0.29, 0.717) is 4.99 Å². The summed E-state index contributed by atoms with van der Waals surface area (Å²) in [4.78, 5) is 0.380. The monoisotopic (exact) mass is 253 g/mol. The Morgan fingerprint density at radius 1 is 1.06 bits per heavy atom. The van der Waals surface area contributed by atoms with E-state index < -0.39 is 0 Å². The molecule has 0 unspecified atom stereocenters. The van der Waals surface area contributed by atoms with Crippen LogP contribution in [0.2, 0.25) is 0 Å². The molecule has 2 aromatic carbocycles. The number of benzene rings is 2. The Kier molecular flexibility index (Phi) is 2.57. The molecule has 3 nitrogen and oxygen atoms in total.